The molecule has 4 aliphatic rings. The van der Waals surface area contributed by atoms with Gasteiger partial charge in [-0.3, -0.25) is 0 Å². The minimum Gasteiger partial charge on any atom is -0.424 e. The van der Waals surface area contributed by atoms with Gasteiger partial charge in [0.1, 0.15) is 24.0 Å². The monoisotopic (exact) mass is 1750 g/mol. The van der Waals surface area contributed by atoms with Crippen molar-refractivity contribution < 1.29 is 49.4 Å². The van der Waals surface area contributed by atoms with Gasteiger partial charge < -0.3 is 9.47 Å². The maximum Gasteiger partial charge on any atom is 0.416 e. The molecule has 4 aliphatic carbocycles. The van der Waals surface area contributed by atoms with Crippen LogP contribution in [0.15, 0.2) is 426 Å². The molecule has 0 aliphatic heterocycles. The molecule has 17 aromatic rings. The molecule has 2 aromatic heterocycles. The number of carbonyl (C=O) groups is 1. The van der Waals surface area contributed by atoms with Crippen molar-refractivity contribution in [3.63, 3.8) is 0 Å². The lowest BCUT2D eigenvalue weighted by molar-refractivity contribution is -0.199. The number of aryl methyl sites for hydroxylation is 3. The number of ether oxygens (including phenoxy) is 2. The van der Waals surface area contributed by atoms with E-state index in [0.717, 1.165) is 91.3 Å². The van der Waals surface area contributed by atoms with E-state index in [-0.39, 0.29) is 40.0 Å². The number of hydrogen-bond donors (Lipinski definition) is 0. The first-order valence-electron chi connectivity index (χ1n) is 41.3. The van der Waals surface area contributed by atoms with Crippen LogP contribution in [-0.4, -0.2) is 18.2 Å². The average molecular weight is 1750 g/mol. The van der Waals surface area contributed by atoms with E-state index in [4.69, 9.17) is 9.47 Å². The highest BCUT2D eigenvalue weighted by Gasteiger charge is 2.56. The Labute approximate surface area is 733 Å². The van der Waals surface area contributed by atoms with Crippen LogP contribution in [0.3, 0.4) is 0 Å². The Bertz CT molecular complexity index is 6230. The second-order valence-electron chi connectivity index (χ2n) is 31.5. The molecule has 0 spiro atoms. The third kappa shape index (κ3) is 19.6. The second-order valence-corrected chi connectivity index (χ2v) is 41.5. The summed E-state index contributed by atoms with van der Waals surface area (Å²) in [5, 5.41) is 4.54. The van der Waals surface area contributed by atoms with Gasteiger partial charge in [-0.25, -0.2) is 13.6 Å². The Morgan fingerprint density at radius 3 is 1.02 bits per heavy atom. The van der Waals surface area contributed by atoms with Gasteiger partial charge in [0.15, 0.2) is 72.6 Å². The molecule has 0 unspecified atom stereocenters. The van der Waals surface area contributed by atoms with Gasteiger partial charge in [-0.2, -0.15) is 26.3 Å². The fraction of sp³-hybridized carbons (Fsp3) is 0.157. The molecule has 16 heteroatoms. The normalized spacial score (nSPS) is 16.4. The first-order chi connectivity index (χ1) is 60.1. The smallest absolute Gasteiger partial charge is 0.416 e. The Morgan fingerprint density at radius 1 is 0.339 bits per heavy atom. The molecule has 4 saturated carbocycles. The highest BCUT2D eigenvalue weighted by atomic mass is 32.2. The van der Waals surface area contributed by atoms with Crippen LogP contribution in [0.1, 0.15) is 66.8 Å². The molecule has 15 aromatic carbocycles. The predicted octanol–water partition coefficient (Wildman–Crippen LogP) is 31.2. The summed E-state index contributed by atoms with van der Waals surface area (Å²) in [5.41, 5.74) is 1.89. The number of halogens is 8. The Balaban J connectivity index is 0.000000117. The van der Waals surface area contributed by atoms with E-state index in [0.29, 0.717) is 32.3 Å². The van der Waals surface area contributed by atoms with Gasteiger partial charge in [0.25, 0.3) is 0 Å². The average Bonchev–Trinajstić information content (AvgIpc) is 0.972. The van der Waals surface area contributed by atoms with Crippen LogP contribution < -0.4 is 4.74 Å². The first-order valence-corrected chi connectivity index (χ1v) is 47.4. The number of esters is 1. The van der Waals surface area contributed by atoms with Crippen LogP contribution in [0.2, 0.25) is 0 Å². The van der Waals surface area contributed by atoms with Crippen LogP contribution in [0.4, 0.5) is 35.1 Å². The summed E-state index contributed by atoms with van der Waals surface area (Å²) in [4.78, 5) is 24.9. The number of hydrogen-bond acceptors (Lipinski definition) is 3. The molecule has 21 rings (SSSR count). The summed E-state index contributed by atoms with van der Waals surface area (Å²) < 4.78 is 122. The maximum absolute atomic E-state index is 13.6. The zero-order valence-electron chi connectivity index (χ0n) is 68.7. The molecule has 622 valence electrons. The summed E-state index contributed by atoms with van der Waals surface area (Å²) in [6.45, 7) is 8.51. The van der Waals surface area contributed by atoms with E-state index in [2.05, 4.69) is 184 Å². The predicted molar refractivity (Wildman–Crippen MR) is 496 cm³/mol. The molecular formula is C108H91F8O3S5+5. The van der Waals surface area contributed by atoms with Crippen LogP contribution >= 0.6 is 20.9 Å². The second kappa shape index (κ2) is 38.4. The zero-order chi connectivity index (χ0) is 86.1. The van der Waals surface area contributed by atoms with E-state index in [1.54, 1.807) is 12.1 Å². The fourth-order valence-electron chi connectivity index (χ4n) is 17.7. The summed E-state index contributed by atoms with van der Waals surface area (Å²) >= 11 is 0. The molecule has 124 heavy (non-hydrogen) atoms. The van der Waals surface area contributed by atoms with E-state index in [1.165, 1.54) is 103 Å². The third-order valence-corrected chi connectivity index (χ3v) is 34.4. The van der Waals surface area contributed by atoms with Crippen LogP contribution in [0.5, 0.6) is 5.75 Å². The summed E-state index contributed by atoms with van der Waals surface area (Å²) in [7, 11) is -1.75. The van der Waals surface area contributed by atoms with Gasteiger partial charge in [-0.1, -0.05) is 182 Å². The lowest BCUT2D eigenvalue weighted by atomic mass is 9.50. The Morgan fingerprint density at radius 2 is 0.653 bits per heavy atom. The van der Waals surface area contributed by atoms with Crippen molar-refractivity contribution in [3.8, 4) is 15.5 Å². The van der Waals surface area contributed by atoms with Gasteiger partial charge in [0, 0.05) is 84.9 Å². The van der Waals surface area contributed by atoms with Crippen LogP contribution in [0, 0.1) is 56.1 Å². The SMILES string of the molecule is Cc1cc([S+](c2ccccc2)c2ccccc2)cc(C)c1OC(=O)COC1(C)C2CC3CC(C2)CC1C3.Cc1cccc([S+](c2ccccc2)c2ccccc2)c1.FC(F)(F)c1cccc(-[s+]2c3ccccc3c3ccccc32)c1.FC(F)(F)c1cccc([S+](c2ccccc2)c2ccccc2)c1.Fc1cc(F)cc(-[s+]2c3ccccc3c3ccccc32)c1. The molecule has 3 nitrogen and oxygen atoms in total. The molecule has 2 heterocycles. The van der Waals surface area contributed by atoms with Gasteiger partial charge in [0.2, 0.25) is 0 Å². The summed E-state index contributed by atoms with van der Waals surface area (Å²) in [5.74, 6) is 2.26. The van der Waals surface area contributed by atoms with Gasteiger partial charge >= 0.3 is 18.3 Å². The molecule has 4 fully saturated rings. The summed E-state index contributed by atoms with van der Waals surface area (Å²) in [6, 6.07) is 122. The first kappa shape index (κ1) is 86.2. The van der Waals surface area contributed by atoms with Crippen molar-refractivity contribution in [3.05, 3.63) is 422 Å². The van der Waals surface area contributed by atoms with Crippen LogP contribution in [0.25, 0.3) is 50.1 Å². The van der Waals surface area contributed by atoms with Crippen molar-refractivity contribution in [1.29, 1.82) is 0 Å². The zero-order valence-corrected chi connectivity index (χ0v) is 72.8. The minimum absolute atomic E-state index is 0.0249. The fourth-order valence-corrected chi connectivity index (χ4v) is 29.1. The Hall–Kier alpha value is -11.3. The van der Waals surface area contributed by atoms with Crippen molar-refractivity contribution in [2.24, 2.45) is 23.7 Å². The molecule has 0 N–H and O–H groups in total. The number of carbonyl (C=O) groups excluding carboxylic acids is 1. The standard InChI is InChI=1S/C33H37O3S.C19H12F3S.C19H14F3S.C19H17S.C18H11F2S/c1-22-14-30(37(28-10-6-4-7-11-28)29-12-8-5-9-13-29)15-23(2)32(22)36-31(34)21-35-33(3)26-17-24-16-25(19-26)20-27(33)18-24;20-19(21,22)13-6-5-7-14(12-13)23-17-10-3-1-8-15(17)16-9-2-4-11-18(16)23;20-19(21,22)15-8-7-13-18(14-15)23(16-9-3-1-4-10-16)17-11-5-2-6-12-17;1-16-9-8-14-19(15-16)20(17-10-4-2-5-11-17)18-12-6-3-7-13-18;19-12-9-13(20)11-14(10-12)21-17-7-3-1-5-15(17)16-6-2-4-8-18(16)21/h4-15,24-27H,16-21H2,1-3H3;1-12H;1-14H;2-15H,1H3;1-11H/q5*+1. The molecule has 0 atom stereocenters. The van der Waals surface area contributed by atoms with Crippen molar-refractivity contribution >= 4 is 99.9 Å². The molecule has 0 saturated heterocycles. The third-order valence-electron chi connectivity index (χ3n) is 23.1. The van der Waals surface area contributed by atoms with Crippen molar-refractivity contribution in [2.75, 3.05) is 6.61 Å². The highest BCUT2D eigenvalue weighted by Crippen LogP contribution is 2.60. The molecule has 0 amide bonds. The van der Waals surface area contributed by atoms with Gasteiger partial charge in [0.05, 0.1) is 49.4 Å². The maximum atomic E-state index is 13.6. The summed E-state index contributed by atoms with van der Waals surface area (Å²) in [6.07, 6.45) is -2.18. The largest absolute Gasteiger partial charge is 0.424 e. The minimum atomic E-state index is -4.33. The van der Waals surface area contributed by atoms with Crippen molar-refractivity contribution in [2.45, 2.75) is 122 Å². The molecule has 4 bridgehead atoms. The number of fused-ring (bicyclic) bond motifs is 6. The quantitative estimate of drug-likeness (QED) is 0.0444. The lowest BCUT2D eigenvalue weighted by Gasteiger charge is -2.59. The Kier molecular flexibility index (Phi) is 26.7. The topological polar surface area (TPSA) is 35.5 Å². The van der Waals surface area contributed by atoms with E-state index >= 15 is 0 Å². The van der Waals surface area contributed by atoms with E-state index < -0.39 is 66.9 Å². The number of thiophene rings is 2. The number of alkyl halides is 6. The molecule has 0 radical (unpaired) electrons. The number of rotatable bonds is 15. The van der Waals surface area contributed by atoms with Crippen LogP contribution in [-0.2, 0) is 54.6 Å². The highest BCUT2D eigenvalue weighted by molar-refractivity contribution is 7.97. The van der Waals surface area contributed by atoms with E-state index in [9.17, 15) is 39.9 Å². The van der Waals surface area contributed by atoms with Crippen molar-refractivity contribution in [1.82, 2.24) is 0 Å². The lowest BCUT2D eigenvalue weighted by Crippen LogP contribution is -2.57. The molecular weight excluding hydrogens is 1660 g/mol. The van der Waals surface area contributed by atoms with Gasteiger partial charge in [-0.15, -0.1) is 0 Å². The van der Waals surface area contributed by atoms with E-state index in [1.807, 2.05) is 159 Å². The number of benzene rings is 15. The van der Waals surface area contributed by atoms with Gasteiger partial charge in [-0.05, 0) is 258 Å².